The number of fused-ring (bicyclic) bond motifs is 3. The zero-order valence-electron chi connectivity index (χ0n) is 14.7. The van der Waals surface area contributed by atoms with E-state index in [1.807, 2.05) is 13.8 Å². The van der Waals surface area contributed by atoms with Gasteiger partial charge in [-0.3, -0.25) is 14.4 Å². The van der Waals surface area contributed by atoms with Crippen molar-refractivity contribution < 1.29 is 24.2 Å². The van der Waals surface area contributed by atoms with Crippen molar-refractivity contribution in [3.05, 3.63) is 12.2 Å². The summed E-state index contributed by atoms with van der Waals surface area (Å²) in [5.74, 6) is -1.34. The van der Waals surface area contributed by atoms with Crippen LogP contribution in [0.2, 0.25) is 0 Å². The van der Waals surface area contributed by atoms with Gasteiger partial charge in [-0.2, -0.15) is 0 Å². The SMILES string of the molecule is C=C1C(=O)[C@]23C[C@H]1CC[C@H]2[C@]12CO[C@@H](CC1=O)C(C)(C)[C@H]2[C@H](O)C3=O. The fraction of sp³-hybridized carbons (Fsp3) is 0.750. The van der Waals surface area contributed by atoms with E-state index in [0.717, 1.165) is 6.42 Å². The molecule has 5 nitrogen and oxygen atoms in total. The summed E-state index contributed by atoms with van der Waals surface area (Å²) in [7, 11) is 0. The van der Waals surface area contributed by atoms with Crippen LogP contribution in [-0.4, -0.2) is 41.3 Å². The molecule has 0 radical (unpaired) electrons. The van der Waals surface area contributed by atoms with Crippen LogP contribution in [0.1, 0.15) is 39.5 Å². The lowest BCUT2D eigenvalue weighted by Gasteiger charge is -2.67. The quantitative estimate of drug-likeness (QED) is 0.532. The van der Waals surface area contributed by atoms with Crippen LogP contribution in [0.25, 0.3) is 0 Å². The minimum atomic E-state index is -1.28. The predicted molar refractivity (Wildman–Crippen MR) is 87.5 cm³/mol. The molecule has 6 rings (SSSR count). The Labute approximate surface area is 146 Å². The third kappa shape index (κ3) is 1.42. The molecule has 25 heavy (non-hydrogen) atoms. The first-order chi connectivity index (χ1) is 11.7. The standard InChI is InChI=1S/C20H24O5/c1-9-10-4-5-11-19(7-10,16(9)23)17(24)14(22)15-18(2,3)13-6-12(21)20(11,15)8-25-13/h10-11,13-15,22H,1,4-8H2,2-3H3/t10-,11-,13+,14+,15-,19+,20-/m1/s1. The molecule has 1 N–H and O–H groups in total. The summed E-state index contributed by atoms with van der Waals surface area (Å²) in [5.41, 5.74) is -2.14. The van der Waals surface area contributed by atoms with Gasteiger partial charge in [-0.15, -0.1) is 0 Å². The van der Waals surface area contributed by atoms with Crippen LogP contribution in [0.3, 0.4) is 0 Å². The van der Waals surface area contributed by atoms with E-state index in [9.17, 15) is 19.5 Å². The van der Waals surface area contributed by atoms with Crippen LogP contribution >= 0.6 is 0 Å². The summed E-state index contributed by atoms with van der Waals surface area (Å²) in [6.07, 6.45) is 0.614. The first kappa shape index (κ1) is 15.9. The molecule has 0 aromatic rings. The number of ether oxygens (including phenoxy) is 1. The topological polar surface area (TPSA) is 80.7 Å². The number of allylic oxidation sites excluding steroid dienone is 1. The fourth-order valence-electron chi connectivity index (χ4n) is 7.31. The number of carbonyl (C=O) groups excluding carboxylic acids is 3. The summed E-state index contributed by atoms with van der Waals surface area (Å²) in [6, 6.07) is 0. The zero-order chi connectivity index (χ0) is 17.9. The van der Waals surface area contributed by atoms with Gasteiger partial charge in [0.2, 0.25) is 0 Å². The van der Waals surface area contributed by atoms with Crippen LogP contribution < -0.4 is 0 Å². The number of hydrogen-bond donors (Lipinski definition) is 1. The van der Waals surface area contributed by atoms with Gasteiger partial charge in [0.05, 0.1) is 23.5 Å². The minimum absolute atomic E-state index is 0.0109. The second kappa shape index (κ2) is 4.32. The molecule has 5 heteroatoms. The first-order valence-electron chi connectivity index (χ1n) is 9.30. The molecule has 2 saturated heterocycles. The van der Waals surface area contributed by atoms with Gasteiger partial charge in [-0.05, 0) is 42.1 Å². The highest BCUT2D eigenvalue weighted by molar-refractivity contribution is 6.19. The summed E-state index contributed by atoms with van der Waals surface area (Å²) in [4.78, 5) is 39.7. The second-order valence-electron chi connectivity index (χ2n) is 9.43. The Bertz CT molecular complexity index is 751. The normalized spacial score (nSPS) is 53.0. The van der Waals surface area contributed by atoms with Gasteiger partial charge in [-0.25, -0.2) is 0 Å². The molecule has 2 heterocycles. The molecule has 134 valence electrons. The van der Waals surface area contributed by atoms with Crippen molar-refractivity contribution in [2.75, 3.05) is 6.61 Å². The highest BCUT2D eigenvalue weighted by Crippen LogP contribution is 2.71. The van der Waals surface area contributed by atoms with E-state index in [1.54, 1.807) is 0 Å². The van der Waals surface area contributed by atoms with Gasteiger partial charge in [0, 0.05) is 12.3 Å². The van der Waals surface area contributed by atoms with Crippen molar-refractivity contribution >= 4 is 17.3 Å². The smallest absolute Gasteiger partial charge is 0.175 e. The molecule has 0 aromatic heterocycles. The van der Waals surface area contributed by atoms with E-state index < -0.39 is 28.3 Å². The van der Waals surface area contributed by atoms with E-state index in [0.29, 0.717) is 24.8 Å². The third-order valence-electron chi connectivity index (χ3n) is 8.40. The van der Waals surface area contributed by atoms with E-state index in [1.165, 1.54) is 0 Å². The fourth-order valence-corrected chi connectivity index (χ4v) is 7.31. The number of aliphatic hydroxyl groups excluding tert-OH is 1. The third-order valence-corrected chi connectivity index (χ3v) is 8.40. The molecule has 4 bridgehead atoms. The maximum atomic E-state index is 13.4. The Morgan fingerprint density at radius 1 is 1.20 bits per heavy atom. The molecule has 7 atom stereocenters. The molecule has 4 saturated carbocycles. The van der Waals surface area contributed by atoms with E-state index >= 15 is 0 Å². The highest BCUT2D eigenvalue weighted by atomic mass is 16.5. The number of aliphatic hydroxyl groups is 1. The van der Waals surface area contributed by atoms with Crippen molar-refractivity contribution in [3.63, 3.8) is 0 Å². The lowest BCUT2D eigenvalue weighted by atomic mass is 9.37. The number of hydrogen-bond acceptors (Lipinski definition) is 5. The Hall–Kier alpha value is -1.33. The Morgan fingerprint density at radius 3 is 2.60 bits per heavy atom. The highest BCUT2D eigenvalue weighted by Gasteiger charge is 2.79. The molecule has 6 aliphatic rings. The second-order valence-corrected chi connectivity index (χ2v) is 9.43. The summed E-state index contributed by atoms with van der Waals surface area (Å²) in [6.45, 7) is 8.13. The van der Waals surface area contributed by atoms with Gasteiger partial charge < -0.3 is 9.84 Å². The van der Waals surface area contributed by atoms with Crippen molar-refractivity contribution in [1.29, 1.82) is 0 Å². The lowest BCUT2D eigenvalue weighted by Crippen LogP contribution is -2.77. The molecule has 2 spiro atoms. The van der Waals surface area contributed by atoms with Crippen LogP contribution in [0.5, 0.6) is 0 Å². The monoisotopic (exact) mass is 344 g/mol. The van der Waals surface area contributed by atoms with Crippen LogP contribution in [0.15, 0.2) is 12.2 Å². The molecule has 6 fully saturated rings. The Balaban J connectivity index is 1.78. The number of ketones is 3. The summed E-state index contributed by atoms with van der Waals surface area (Å²) < 4.78 is 6.04. The summed E-state index contributed by atoms with van der Waals surface area (Å²) >= 11 is 0. The van der Waals surface area contributed by atoms with Crippen molar-refractivity contribution in [3.8, 4) is 0 Å². The van der Waals surface area contributed by atoms with Gasteiger partial charge in [0.15, 0.2) is 11.6 Å². The molecule has 0 aromatic carbocycles. The average molecular weight is 344 g/mol. The van der Waals surface area contributed by atoms with Gasteiger partial charge in [0.1, 0.15) is 11.9 Å². The van der Waals surface area contributed by atoms with Gasteiger partial charge in [-0.1, -0.05) is 20.4 Å². The number of rotatable bonds is 0. The molecule has 2 aliphatic heterocycles. The maximum Gasteiger partial charge on any atom is 0.175 e. The number of Topliss-reactive ketones (excluding diaryl/α,β-unsaturated/α-hetero) is 3. The van der Waals surface area contributed by atoms with E-state index in [2.05, 4.69) is 6.58 Å². The van der Waals surface area contributed by atoms with Crippen LogP contribution in [-0.2, 0) is 19.1 Å². The predicted octanol–water partition coefficient (Wildman–Crippen LogP) is 1.47. The van der Waals surface area contributed by atoms with Crippen molar-refractivity contribution in [2.24, 2.45) is 34.0 Å². The van der Waals surface area contributed by atoms with Gasteiger partial charge in [0.25, 0.3) is 0 Å². The van der Waals surface area contributed by atoms with E-state index in [4.69, 9.17) is 4.74 Å². The molecule has 0 unspecified atom stereocenters. The summed E-state index contributed by atoms with van der Waals surface area (Å²) in [5, 5.41) is 11.1. The van der Waals surface area contributed by atoms with Crippen molar-refractivity contribution in [1.82, 2.24) is 0 Å². The molecular formula is C20H24O5. The van der Waals surface area contributed by atoms with Gasteiger partial charge >= 0.3 is 0 Å². The average Bonchev–Trinajstić information content (AvgIpc) is 2.76. The van der Waals surface area contributed by atoms with Crippen LogP contribution in [0, 0.1) is 34.0 Å². The zero-order valence-corrected chi connectivity index (χ0v) is 14.7. The molecule has 0 amide bonds. The van der Waals surface area contributed by atoms with Crippen molar-refractivity contribution in [2.45, 2.75) is 51.7 Å². The Kier molecular flexibility index (Phi) is 2.74. The minimum Gasteiger partial charge on any atom is -0.385 e. The maximum absolute atomic E-state index is 13.4. The molecule has 4 aliphatic carbocycles. The lowest BCUT2D eigenvalue weighted by molar-refractivity contribution is -0.268. The first-order valence-corrected chi connectivity index (χ1v) is 9.30. The number of carbonyl (C=O) groups is 3. The van der Waals surface area contributed by atoms with E-state index in [-0.39, 0.29) is 41.9 Å². The van der Waals surface area contributed by atoms with Crippen LogP contribution in [0.4, 0.5) is 0 Å². The molecular weight excluding hydrogens is 320 g/mol. The largest absolute Gasteiger partial charge is 0.385 e. The Morgan fingerprint density at radius 2 is 1.92 bits per heavy atom.